The van der Waals surface area contributed by atoms with E-state index in [0.29, 0.717) is 19.3 Å². The number of hydrogen-bond donors (Lipinski definition) is 3. The summed E-state index contributed by atoms with van der Waals surface area (Å²) in [4.78, 5) is 48.2. The number of esters is 4. The van der Waals surface area contributed by atoms with E-state index in [9.17, 15) is 34.5 Å². The molecule has 0 saturated heterocycles. The molecular formula is C29H40O11. The predicted molar refractivity (Wildman–Crippen MR) is 136 cm³/mol. The van der Waals surface area contributed by atoms with Gasteiger partial charge in [0.1, 0.15) is 25.4 Å². The fourth-order valence-electron chi connectivity index (χ4n) is 9.47. The number of carbonyl (C=O) groups is 4. The zero-order valence-electron chi connectivity index (χ0n) is 23.5. The van der Waals surface area contributed by atoms with Crippen molar-refractivity contribution < 1.29 is 53.4 Å². The summed E-state index contributed by atoms with van der Waals surface area (Å²) in [7, 11) is 0. The molecule has 10 atom stereocenters. The van der Waals surface area contributed by atoms with Crippen molar-refractivity contribution in [2.75, 3.05) is 13.2 Å². The molecule has 1 heterocycles. The molecule has 0 aromatic carbocycles. The Morgan fingerprint density at radius 1 is 1.02 bits per heavy atom. The van der Waals surface area contributed by atoms with Gasteiger partial charge < -0.3 is 34.3 Å². The number of hydrogen-bond acceptors (Lipinski definition) is 11. The van der Waals surface area contributed by atoms with Crippen LogP contribution in [-0.2, 0) is 38.1 Å². The van der Waals surface area contributed by atoms with E-state index in [0.717, 1.165) is 5.57 Å². The number of aliphatic hydroxyl groups is 3. The first-order chi connectivity index (χ1) is 18.7. The first-order valence-corrected chi connectivity index (χ1v) is 14.1. The predicted octanol–water partition coefficient (Wildman–Crippen LogP) is 1.35. The molecule has 4 fully saturated rings. The van der Waals surface area contributed by atoms with Gasteiger partial charge in [-0.3, -0.25) is 14.4 Å². The van der Waals surface area contributed by atoms with Gasteiger partial charge in [0.2, 0.25) is 0 Å². The lowest BCUT2D eigenvalue weighted by Gasteiger charge is -2.68. The lowest BCUT2D eigenvalue weighted by atomic mass is 9.40. The van der Waals surface area contributed by atoms with E-state index in [-0.39, 0.29) is 44.8 Å². The van der Waals surface area contributed by atoms with Crippen molar-refractivity contribution in [3.8, 4) is 0 Å². The fraction of sp³-hybridized carbons (Fsp3) is 0.793. The van der Waals surface area contributed by atoms with Crippen LogP contribution >= 0.6 is 0 Å². The van der Waals surface area contributed by atoms with Crippen LogP contribution in [0.15, 0.2) is 11.6 Å². The van der Waals surface area contributed by atoms with Gasteiger partial charge in [0, 0.05) is 51.0 Å². The topological polar surface area (TPSA) is 166 Å². The molecule has 4 aliphatic carbocycles. The molecule has 0 amide bonds. The van der Waals surface area contributed by atoms with E-state index in [1.165, 1.54) is 26.8 Å². The van der Waals surface area contributed by atoms with Crippen LogP contribution in [-0.4, -0.2) is 81.9 Å². The molecule has 0 unspecified atom stereocenters. The zero-order valence-corrected chi connectivity index (χ0v) is 23.5. The monoisotopic (exact) mass is 564 g/mol. The minimum absolute atomic E-state index is 0.00553. The number of rotatable bonds is 5. The molecule has 40 heavy (non-hydrogen) atoms. The van der Waals surface area contributed by atoms with E-state index in [1.54, 1.807) is 0 Å². The maximum atomic E-state index is 12.6. The number of aliphatic hydroxyl groups excluding tert-OH is 1. The Labute approximate surface area is 233 Å². The van der Waals surface area contributed by atoms with Gasteiger partial charge >= 0.3 is 23.9 Å². The summed E-state index contributed by atoms with van der Waals surface area (Å²) in [5, 5.41) is 36.7. The highest BCUT2D eigenvalue weighted by Crippen LogP contribution is 2.71. The van der Waals surface area contributed by atoms with Crippen molar-refractivity contribution in [2.45, 2.75) is 102 Å². The van der Waals surface area contributed by atoms with Gasteiger partial charge in [-0.2, -0.15) is 0 Å². The zero-order chi connectivity index (χ0) is 29.3. The average molecular weight is 565 g/mol. The largest absolute Gasteiger partial charge is 0.465 e. The van der Waals surface area contributed by atoms with E-state index in [4.69, 9.17) is 18.9 Å². The van der Waals surface area contributed by atoms with E-state index < -0.39 is 76.1 Å². The third-order valence-corrected chi connectivity index (χ3v) is 10.9. The van der Waals surface area contributed by atoms with Crippen LogP contribution in [0.4, 0.5) is 0 Å². The number of ether oxygens (including phenoxy) is 4. The van der Waals surface area contributed by atoms with Gasteiger partial charge in [-0.1, -0.05) is 6.92 Å². The minimum Gasteiger partial charge on any atom is -0.465 e. The van der Waals surface area contributed by atoms with Crippen LogP contribution in [0.3, 0.4) is 0 Å². The molecule has 4 saturated carbocycles. The van der Waals surface area contributed by atoms with Crippen molar-refractivity contribution in [3.05, 3.63) is 11.6 Å². The van der Waals surface area contributed by atoms with Crippen LogP contribution in [0, 0.1) is 28.6 Å². The van der Waals surface area contributed by atoms with E-state index >= 15 is 0 Å². The van der Waals surface area contributed by atoms with Crippen LogP contribution in [0.1, 0.15) is 72.6 Å². The lowest BCUT2D eigenvalue weighted by Crippen LogP contribution is -2.76. The molecule has 11 nitrogen and oxygen atoms in total. The molecule has 0 aromatic heterocycles. The highest BCUT2D eigenvalue weighted by Gasteiger charge is 2.76. The number of carbonyl (C=O) groups excluding carboxylic acids is 4. The molecule has 3 N–H and O–H groups in total. The Kier molecular flexibility index (Phi) is 7.11. The Hall–Kier alpha value is -2.50. The Morgan fingerprint density at radius 2 is 1.73 bits per heavy atom. The minimum atomic E-state index is -1.64. The van der Waals surface area contributed by atoms with Gasteiger partial charge in [-0.15, -0.1) is 0 Å². The first kappa shape index (κ1) is 29.0. The maximum absolute atomic E-state index is 12.6. The van der Waals surface area contributed by atoms with Crippen LogP contribution in [0.5, 0.6) is 0 Å². The molecule has 222 valence electrons. The molecule has 0 bridgehead atoms. The van der Waals surface area contributed by atoms with Crippen molar-refractivity contribution in [2.24, 2.45) is 28.6 Å². The van der Waals surface area contributed by atoms with Gasteiger partial charge in [-0.25, -0.2) is 4.79 Å². The van der Waals surface area contributed by atoms with Crippen LogP contribution in [0.25, 0.3) is 0 Å². The van der Waals surface area contributed by atoms with E-state index in [2.05, 4.69) is 0 Å². The molecular weight excluding hydrogens is 524 g/mol. The average Bonchev–Trinajstić information content (AvgIpc) is 3.37. The third-order valence-electron chi connectivity index (χ3n) is 10.9. The molecule has 5 rings (SSSR count). The third kappa shape index (κ3) is 4.18. The SMILES string of the molecule is CC(=O)OC[C@@]12[C@@H]3[C@@H](CC[C@@]1(O)C[C@@H](OC(C)=O)C[C@H]2O)[C@@]1(O)CC[C@H](C2=CC(=O)OC2)[C@@]1(C)C[C@H]3OC(C)=O. The first-order valence-electron chi connectivity index (χ1n) is 14.1. The molecule has 0 spiro atoms. The summed E-state index contributed by atoms with van der Waals surface area (Å²) in [6.45, 7) is 5.54. The standard InChI is InChI=1S/C29H40O11/c1-15(30)38-14-28-23(33)10-19(39-16(2)31)11-27(28,35)7-5-21-25(28)22(40-17(3)32)12-26(4)20(6-8-29(21,26)36)18-9-24(34)37-13-18/h9,19-23,25,33,35-36H,5-8,10-14H2,1-4H3/t19-,20+,21+,22+,23+,25+,26+,27+,28+,29-/m0/s1. The summed E-state index contributed by atoms with van der Waals surface area (Å²) in [5.74, 6) is -3.61. The number of cyclic esters (lactones) is 1. The van der Waals surface area contributed by atoms with Crippen molar-refractivity contribution in [3.63, 3.8) is 0 Å². The number of fused-ring (bicyclic) bond motifs is 5. The fourth-order valence-corrected chi connectivity index (χ4v) is 9.47. The van der Waals surface area contributed by atoms with Gasteiger partial charge in [0.25, 0.3) is 0 Å². The maximum Gasteiger partial charge on any atom is 0.331 e. The van der Waals surface area contributed by atoms with Crippen molar-refractivity contribution >= 4 is 23.9 Å². The van der Waals surface area contributed by atoms with Crippen molar-refractivity contribution in [1.29, 1.82) is 0 Å². The normalized spacial score (nSPS) is 45.8. The van der Waals surface area contributed by atoms with E-state index in [1.807, 2.05) is 6.92 Å². The Bertz CT molecular complexity index is 1130. The summed E-state index contributed by atoms with van der Waals surface area (Å²) >= 11 is 0. The summed E-state index contributed by atoms with van der Waals surface area (Å²) in [5.41, 5.74) is -4.43. The Morgan fingerprint density at radius 3 is 2.33 bits per heavy atom. The van der Waals surface area contributed by atoms with Crippen LogP contribution in [0.2, 0.25) is 0 Å². The second kappa shape index (κ2) is 9.80. The summed E-state index contributed by atoms with van der Waals surface area (Å²) in [6.07, 6.45) is 0.267. The van der Waals surface area contributed by atoms with Gasteiger partial charge in [0.05, 0.1) is 22.7 Å². The molecule has 1 aliphatic heterocycles. The molecule has 5 aliphatic rings. The highest BCUT2D eigenvalue weighted by molar-refractivity contribution is 5.85. The molecule has 11 heteroatoms. The van der Waals surface area contributed by atoms with Crippen LogP contribution < -0.4 is 0 Å². The smallest absolute Gasteiger partial charge is 0.331 e. The molecule has 0 radical (unpaired) electrons. The Balaban J connectivity index is 1.63. The second-order valence-corrected chi connectivity index (χ2v) is 12.8. The summed E-state index contributed by atoms with van der Waals surface area (Å²) < 4.78 is 22.1. The van der Waals surface area contributed by atoms with Gasteiger partial charge in [-0.05, 0) is 49.5 Å². The molecule has 0 aromatic rings. The van der Waals surface area contributed by atoms with Crippen molar-refractivity contribution in [1.82, 2.24) is 0 Å². The second-order valence-electron chi connectivity index (χ2n) is 12.8. The lowest BCUT2D eigenvalue weighted by molar-refractivity contribution is -0.319. The van der Waals surface area contributed by atoms with Gasteiger partial charge in [0.15, 0.2) is 0 Å². The summed E-state index contributed by atoms with van der Waals surface area (Å²) in [6, 6.07) is 0. The highest BCUT2D eigenvalue weighted by atomic mass is 16.6. The quantitative estimate of drug-likeness (QED) is 0.326.